The Labute approximate surface area is 116 Å². The van der Waals surface area contributed by atoms with Crippen molar-refractivity contribution in [3.8, 4) is 0 Å². The molecule has 0 aromatic carbocycles. The fraction of sp³-hybridized carbons (Fsp3) is 0.929. The van der Waals surface area contributed by atoms with Crippen LogP contribution < -0.4 is 10.6 Å². The fourth-order valence-corrected chi connectivity index (χ4v) is 2.98. The number of carbonyl (C=O) groups excluding carboxylic acids is 1. The smallest absolute Gasteiger partial charge is 0.234 e. The minimum atomic E-state index is 0.133. The Morgan fingerprint density at radius 1 is 1.21 bits per heavy atom. The Kier molecular flexibility index (Phi) is 5.60. The molecule has 1 aliphatic carbocycles. The van der Waals surface area contributed by atoms with E-state index in [9.17, 15) is 4.79 Å². The normalized spacial score (nSPS) is 26.7. The molecule has 5 nitrogen and oxygen atoms in total. The van der Waals surface area contributed by atoms with E-state index in [2.05, 4.69) is 34.5 Å². The predicted molar refractivity (Wildman–Crippen MR) is 77.2 cm³/mol. The van der Waals surface area contributed by atoms with E-state index in [-0.39, 0.29) is 5.91 Å². The highest BCUT2D eigenvalue weighted by atomic mass is 16.1. The van der Waals surface area contributed by atoms with E-state index < -0.39 is 0 Å². The molecule has 1 atom stereocenters. The van der Waals surface area contributed by atoms with Gasteiger partial charge in [-0.2, -0.15) is 0 Å². The average molecular weight is 268 g/mol. The molecule has 1 unspecified atom stereocenters. The van der Waals surface area contributed by atoms with Crippen molar-refractivity contribution in [3.63, 3.8) is 0 Å². The number of amides is 1. The van der Waals surface area contributed by atoms with Crippen LogP contribution in [0.25, 0.3) is 0 Å². The molecule has 0 spiro atoms. The van der Waals surface area contributed by atoms with E-state index in [1.54, 1.807) is 0 Å². The van der Waals surface area contributed by atoms with Gasteiger partial charge in [0.2, 0.25) is 5.91 Å². The maximum Gasteiger partial charge on any atom is 0.234 e. The molecule has 2 aliphatic rings. The van der Waals surface area contributed by atoms with Crippen LogP contribution in [-0.4, -0.2) is 74.6 Å². The molecule has 5 heteroatoms. The van der Waals surface area contributed by atoms with Crippen molar-refractivity contribution in [2.75, 3.05) is 46.8 Å². The van der Waals surface area contributed by atoms with E-state index in [0.29, 0.717) is 18.6 Å². The quantitative estimate of drug-likeness (QED) is 0.730. The first-order valence-corrected chi connectivity index (χ1v) is 7.54. The Balaban J connectivity index is 1.62. The largest absolute Gasteiger partial charge is 0.353 e. The van der Waals surface area contributed by atoms with Gasteiger partial charge in [-0.05, 0) is 26.9 Å². The summed E-state index contributed by atoms with van der Waals surface area (Å²) in [6.45, 7) is 4.46. The molecular weight excluding hydrogens is 240 g/mol. The molecule has 1 heterocycles. The molecule has 19 heavy (non-hydrogen) atoms. The Hall–Kier alpha value is -0.650. The highest BCUT2D eigenvalue weighted by Gasteiger charge is 2.22. The third-order valence-electron chi connectivity index (χ3n) is 4.42. The Bertz CT molecular complexity index is 291. The molecule has 0 radical (unpaired) electrons. The van der Waals surface area contributed by atoms with Crippen LogP contribution in [0.4, 0.5) is 0 Å². The van der Waals surface area contributed by atoms with E-state index in [0.717, 1.165) is 26.2 Å². The first-order valence-electron chi connectivity index (χ1n) is 7.54. The van der Waals surface area contributed by atoms with Crippen molar-refractivity contribution in [3.05, 3.63) is 0 Å². The van der Waals surface area contributed by atoms with Crippen molar-refractivity contribution in [2.45, 2.75) is 37.8 Å². The molecule has 1 amide bonds. The van der Waals surface area contributed by atoms with Gasteiger partial charge in [-0.15, -0.1) is 0 Å². The van der Waals surface area contributed by atoms with Gasteiger partial charge in [0.1, 0.15) is 0 Å². The van der Waals surface area contributed by atoms with Crippen LogP contribution in [-0.2, 0) is 4.79 Å². The molecule has 110 valence electrons. The standard InChI is InChI=1S/C14H28N4O/c1-17-7-8-18(2)13(11-17)9-16-14(19)10-15-12-5-3-4-6-12/h12-13,15H,3-11H2,1-2H3,(H,16,19). The summed E-state index contributed by atoms with van der Waals surface area (Å²) in [7, 11) is 4.28. The zero-order valence-corrected chi connectivity index (χ0v) is 12.3. The lowest BCUT2D eigenvalue weighted by Crippen LogP contribution is -2.55. The van der Waals surface area contributed by atoms with Crippen molar-refractivity contribution in [2.24, 2.45) is 0 Å². The van der Waals surface area contributed by atoms with Gasteiger partial charge in [-0.25, -0.2) is 0 Å². The fourth-order valence-electron chi connectivity index (χ4n) is 2.98. The Morgan fingerprint density at radius 3 is 2.68 bits per heavy atom. The summed E-state index contributed by atoms with van der Waals surface area (Å²) >= 11 is 0. The van der Waals surface area contributed by atoms with Gasteiger partial charge in [0.25, 0.3) is 0 Å². The third kappa shape index (κ3) is 4.75. The second kappa shape index (κ2) is 7.22. The number of nitrogens with one attached hydrogen (secondary N) is 2. The van der Waals surface area contributed by atoms with Crippen LogP contribution >= 0.6 is 0 Å². The highest BCUT2D eigenvalue weighted by Crippen LogP contribution is 2.17. The number of hydrogen-bond acceptors (Lipinski definition) is 4. The van der Waals surface area contributed by atoms with Crippen LogP contribution in [0.3, 0.4) is 0 Å². The van der Waals surface area contributed by atoms with Gasteiger partial charge in [0.05, 0.1) is 6.54 Å². The van der Waals surface area contributed by atoms with Gasteiger partial charge in [-0.3, -0.25) is 9.69 Å². The zero-order chi connectivity index (χ0) is 13.7. The number of piperazine rings is 1. The number of nitrogens with zero attached hydrogens (tertiary/aromatic N) is 2. The lowest BCUT2D eigenvalue weighted by atomic mass is 10.2. The minimum absolute atomic E-state index is 0.133. The van der Waals surface area contributed by atoms with E-state index in [1.165, 1.54) is 25.7 Å². The van der Waals surface area contributed by atoms with E-state index in [4.69, 9.17) is 0 Å². The third-order valence-corrected chi connectivity index (χ3v) is 4.42. The molecule has 1 aliphatic heterocycles. The molecule has 0 bridgehead atoms. The van der Waals surface area contributed by atoms with E-state index >= 15 is 0 Å². The summed E-state index contributed by atoms with van der Waals surface area (Å²) in [6.07, 6.45) is 5.06. The van der Waals surface area contributed by atoms with Gasteiger partial charge in [-0.1, -0.05) is 12.8 Å². The van der Waals surface area contributed by atoms with Crippen molar-refractivity contribution in [1.29, 1.82) is 0 Å². The molecular formula is C14H28N4O. The summed E-state index contributed by atoms with van der Waals surface area (Å²) < 4.78 is 0. The molecule has 2 N–H and O–H groups in total. The first-order chi connectivity index (χ1) is 9.15. The SMILES string of the molecule is CN1CCN(C)C(CNC(=O)CNC2CCCC2)C1. The summed E-state index contributed by atoms with van der Waals surface area (Å²) in [5, 5.41) is 6.41. The summed E-state index contributed by atoms with van der Waals surface area (Å²) in [5.74, 6) is 0.133. The van der Waals surface area contributed by atoms with Crippen LogP contribution in [0.1, 0.15) is 25.7 Å². The highest BCUT2D eigenvalue weighted by molar-refractivity contribution is 5.78. The number of carbonyl (C=O) groups is 1. The predicted octanol–water partition coefficient (Wildman–Crippen LogP) is -0.119. The Morgan fingerprint density at radius 2 is 1.95 bits per heavy atom. The van der Waals surface area contributed by atoms with Crippen molar-refractivity contribution < 1.29 is 4.79 Å². The van der Waals surface area contributed by atoms with Gasteiger partial charge < -0.3 is 15.5 Å². The van der Waals surface area contributed by atoms with Crippen LogP contribution in [0.5, 0.6) is 0 Å². The van der Waals surface area contributed by atoms with Crippen LogP contribution in [0.15, 0.2) is 0 Å². The van der Waals surface area contributed by atoms with Crippen molar-refractivity contribution in [1.82, 2.24) is 20.4 Å². The summed E-state index contributed by atoms with van der Waals surface area (Å²) in [5.41, 5.74) is 0. The monoisotopic (exact) mass is 268 g/mol. The van der Waals surface area contributed by atoms with Gasteiger partial charge in [0, 0.05) is 38.3 Å². The molecule has 0 aromatic rings. The summed E-state index contributed by atoms with van der Waals surface area (Å²) in [6, 6.07) is 1.00. The number of rotatable bonds is 5. The second-order valence-electron chi connectivity index (χ2n) is 6.06. The molecule has 2 fully saturated rings. The maximum absolute atomic E-state index is 11.8. The number of likely N-dealkylation sites (N-methyl/N-ethyl adjacent to an activating group) is 2. The average Bonchev–Trinajstić information content (AvgIpc) is 2.90. The molecule has 0 aromatic heterocycles. The molecule has 2 rings (SSSR count). The van der Waals surface area contributed by atoms with Crippen molar-refractivity contribution >= 4 is 5.91 Å². The zero-order valence-electron chi connectivity index (χ0n) is 12.3. The van der Waals surface area contributed by atoms with Gasteiger partial charge >= 0.3 is 0 Å². The summed E-state index contributed by atoms with van der Waals surface area (Å²) in [4.78, 5) is 16.5. The number of hydrogen-bond donors (Lipinski definition) is 2. The van der Waals surface area contributed by atoms with Gasteiger partial charge in [0.15, 0.2) is 0 Å². The molecule has 1 saturated heterocycles. The maximum atomic E-state index is 11.8. The van der Waals surface area contributed by atoms with E-state index in [1.807, 2.05) is 0 Å². The minimum Gasteiger partial charge on any atom is -0.353 e. The van der Waals surface area contributed by atoms with Crippen LogP contribution in [0.2, 0.25) is 0 Å². The second-order valence-corrected chi connectivity index (χ2v) is 6.06. The lowest BCUT2D eigenvalue weighted by Gasteiger charge is -2.37. The first kappa shape index (κ1) is 14.8. The molecule has 1 saturated carbocycles. The lowest BCUT2D eigenvalue weighted by molar-refractivity contribution is -0.120. The topological polar surface area (TPSA) is 47.6 Å². The van der Waals surface area contributed by atoms with Crippen LogP contribution in [0, 0.1) is 0 Å².